The standard InChI is InChI=1S/C42H51FN10O19P2/c1-3-14-65-17-26(51(2)42(59)66-16-23-6-10-25(11-7-23)49-30(54)15-22-4-8-24(43)9-5-22)40(57)71-34-27(69-39(32(34)55)53-21-48-31-36(45)46-20-47-37(31)53)19-68-74(63,64)72-35-28(18-67-73(60,61)62)70-38(33(35)56)52-13-12-29(44)50-41(52)58/h4-13,20-21,26-28,32-35,38-39,55-56H,3,14-19H2,1-2H3,(H,49,54)(H,63,64)(H2,44,50,58)(H2,45,46,47)(H2,60,61,62)/t26-,27+,28+,32+,33+,34+,35+,38+,39+/m0/s1. The first kappa shape index (κ1) is 55.4. The highest BCUT2D eigenvalue weighted by Crippen LogP contribution is 2.50. The Kier molecular flexibility index (Phi) is 17.9. The van der Waals surface area contributed by atoms with E-state index in [0.29, 0.717) is 23.2 Å². The molecule has 0 spiro atoms. The van der Waals surface area contributed by atoms with E-state index in [-0.39, 0.29) is 48.3 Å². The first-order valence-corrected chi connectivity index (χ1v) is 25.3. The van der Waals surface area contributed by atoms with Crippen LogP contribution in [0.1, 0.15) is 36.9 Å². The van der Waals surface area contributed by atoms with Gasteiger partial charge in [-0.15, -0.1) is 0 Å². The number of imidazole rings is 1. The second-order valence-corrected chi connectivity index (χ2v) is 19.2. The number of esters is 1. The Balaban J connectivity index is 1.06. The van der Waals surface area contributed by atoms with E-state index in [9.17, 15) is 57.6 Å². The van der Waals surface area contributed by atoms with E-state index in [2.05, 4.69) is 29.8 Å². The molecule has 2 aromatic carbocycles. The third kappa shape index (κ3) is 13.9. The lowest BCUT2D eigenvalue weighted by molar-refractivity contribution is -0.164. The molecule has 74 heavy (non-hydrogen) atoms. The Morgan fingerprint density at radius 1 is 0.892 bits per heavy atom. The van der Waals surface area contributed by atoms with Crippen molar-refractivity contribution in [2.45, 2.75) is 81.5 Å². The molecule has 0 bridgehead atoms. The number of hydrogen-bond donors (Lipinski definition) is 8. The fraction of sp³-hybridized carbons (Fsp3) is 0.429. The summed E-state index contributed by atoms with van der Waals surface area (Å²) in [4.78, 5) is 99.3. The number of anilines is 3. The van der Waals surface area contributed by atoms with Gasteiger partial charge in [0.1, 0.15) is 60.6 Å². The molecular formula is C42H51FN10O19P2. The van der Waals surface area contributed by atoms with E-state index < -0.39 is 114 Å². The van der Waals surface area contributed by atoms with Crippen LogP contribution in [-0.2, 0) is 69.0 Å². The highest BCUT2D eigenvalue weighted by atomic mass is 31.2. The molecule has 7 rings (SSSR count). The number of rotatable bonds is 22. The minimum Gasteiger partial charge on any atom is -0.455 e. The first-order chi connectivity index (χ1) is 35.1. The van der Waals surface area contributed by atoms with E-state index >= 15 is 0 Å². The molecule has 0 radical (unpaired) electrons. The average Bonchev–Trinajstić information content (AvgIpc) is 4.01. The molecule has 10 atom stereocenters. The molecule has 1 unspecified atom stereocenters. The van der Waals surface area contributed by atoms with Crippen molar-refractivity contribution < 1.29 is 90.1 Å². The van der Waals surface area contributed by atoms with E-state index in [4.69, 9.17) is 44.2 Å². The Labute approximate surface area is 417 Å². The largest absolute Gasteiger partial charge is 0.472 e. The second-order valence-electron chi connectivity index (χ2n) is 16.6. The van der Waals surface area contributed by atoms with E-state index in [1.807, 2.05) is 0 Å². The number of aliphatic hydroxyl groups is 2. The van der Waals surface area contributed by atoms with Crippen molar-refractivity contribution in [3.8, 4) is 0 Å². The van der Waals surface area contributed by atoms with E-state index in [1.165, 1.54) is 42.2 Å². The highest BCUT2D eigenvalue weighted by molar-refractivity contribution is 7.47. The van der Waals surface area contributed by atoms with Gasteiger partial charge in [-0.25, -0.2) is 42.9 Å². The van der Waals surface area contributed by atoms with Crippen LogP contribution in [0.25, 0.3) is 11.2 Å². The number of nitrogens with one attached hydrogen (secondary N) is 1. The number of nitrogens with two attached hydrogens (primary N) is 2. The molecular weight excluding hydrogens is 1030 g/mol. The quantitative estimate of drug-likeness (QED) is 0.0268. The summed E-state index contributed by atoms with van der Waals surface area (Å²) in [6.45, 7) is -0.896. The number of amides is 2. The highest BCUT2D eigenvalue weighted by Gasteiger charge is 2.52. The van der Waals surface area contributed by atoms with Crippen LogP contribution in [0, 0.1) is 5.82 Å². The number of ether oxygens (including phenoxy) is 5. The van der Waals surface area contributed by atoms with Gasteiger partial charge in [0.15, 0.2) is 36.1 Å². The van der Waals surface area contributed by atoms with Crippen LogP contribution >= 0.6 is 15.6 Å². The Morgan fingerprint density at radius 2 is 1.54 bits per heavy atom. The monoisotopic (exact) mass is 1080 g/mol. The maximum Gasteiger partial charge on any atom is 0.472 e. The van der Waals surface area contributed by atoms with Crippen molar-refractivity contribution in [1.82, 2.24) is 34.0 Å². The number of likely N-dealkylation sites (N-methyl/N-ethyl adjacent to an activating group) is 1. The third-order valence-corrected chi connectivity index (χ3v) is 12.7. The molecule has 2 saturated heterocycles. The molecule has 3 aromatic heterocycles. The number of hydrogen-bond acceptors (Lipinski definition) is 22. The van der Waals surface area contributed by atoms with E-state index in [0.717, 1.165) is 28.1 Å². The van der Waals surface area contributed by atoms with Crippen molar-refractivity contribution in [3.63, 3.8) is 0 Å². The summed E-state index contributed by atoms with van der Waals surface area (Å²) in [5.41, 5.74) is 12.1. The van der Waals surface area contributed by atoms with Crippen molar-refractivity contribution in [3.05, 3.63) is 101 Å². The van der Waals surface area contributed by atoms with E-state index in [1.54, 1.807) is 31.2 Å². The van der Waals surface area contributed by atoms with Crippen LogP contribution in [0.3, 0.4) is 0 Å². The fourth-order valence-electron chi connectivity index (χ4n) is 7.58. The number of aromatic nitrogens is 6. The van der Waals surface area contributed by atoms with Gasteiger partial charge >= 0.3 is 33.4 Å². The van der Waals surface area contributed by atoms with Crippen LogP contribution in [0.5, 0.6) is 0 Å². The van der Waals surface area contributed by atoms with Gasteiger partial charge in [0.05, 0.1) is 32.6 Å². The fourth-order valence-corrected chi connectivity index (χ4v) is 8.89. The zero-order chi connectivity index (χ0) is 53.5. The second kappa shape index (κ2) is 23.9. The number of carbonyl (C=O) groups excluding carboxylic acids is 3. The Morgan fingerprint density at radius 3 is 2.22 bits per heavy atom. The molecule has 2 fully saturated rings. The molecule has 0 aliphatic carbocycles. The van der Waals surface area contributed by atoms with Gasteiger partial charge in [0.25, 0.3) is 0 Å². The third-order valence-electron chi connectivity index (χ3n) is 11.3. The van der Waals surface area contributed by atoms with Crippen LogP contribution in [-0.4, -0.2) is 153 Å². The molecule has 5 aromatic rings. The number of nitrogens with zero attached hydrogens (tertiary/aromatic N) is 7. The topological polar surface area (TPSA) is 406 Å². The van der Waals surface area contributed by atoms with Crippen LogP contribution < -0.4 is 22.5 Å². The number of phosphoric ester groups is 2. The zero-order valence-corrected chi connectivity index (χ0v) is 40.9. The maximum atomic E-state index is 14.2. The van der Waals surface area contributed by atoms with Crippen LogP contribution in [0.2, 0.25) is 0 Å². The molecule has 5 heterocycles. The van der Waals surface area contributed by atoms with Gasteiger partial charge in [-0.3, -0.25) is 32.4 Å². The summed E-state index contributed by atoms with van der Waals surface area (Å²) in [5, 5.41) is 25.8. The van der Waals surface area contributed by atoms with Crippen LogP contribution in [0.15, 0.2) is 78.2 Å². The summed E-state index contributed by atoms with van der Waals surface area (Å²) in [5.74, 6) is -2.22. The maximum absolute atomic E-state index is 14.2. The molecule has 32 heteroatoms. The van der Waals surface area contributed by atoms with Crippen molar-refractivity contribution in [1.29, 1.82) is 0 Å². The van der Waals surface area contributed by atoms with Crippen molar-refractivity contribution in [2.75, 3.05) is 50.3 Å². The van der Waals surface area contributed by atoms with Crippen LogP contribution in [0.4, 0.5) is 26.5 Å². The zero-order valence-electron chi connectivity index (χ0n) is 39.1. The minimum absolute atomic E-state index is 0.00380. The Hall–Kier alpha value is -6.37. The molecule has 10 N–H and O–H groups in total. The lowest BCUT2D eigenvalue weighted by Crippen LogP contribution is -2.49. The number of nitrogen functional groups attached to an aromatic ring is 2. The predicted molar refractivity (Wildman–Crippen MR) is 249 cm³/mol. The molecule has 2 aliphatic heterocycles. The first-order valence-electron chi connectivity index (χ1n) is 22.2. The van der Waals surface area contributed by atoms with Crippen molar-refractivity contribution in [2.24, 2.45) is 0 Å². The van der Waals surface area contributed by atoms with Gasteiger partial charge in [0, 0.05) is 25.5 Å². The number of halogens is 1. The van der Waals surface area contributed by atoms with Gasteiger partial charge < -0.3 is 65.4 Å². The normalized spacial score (nSPS) is 23.0. The molecule has 29 nitrogen and oxygen atoms in total. The summed E-state index contributed by atoms with van der Waals surface area (Å²) >= 11 is 0. The average molecular weight is 1080 g/mol. The lowest BCUT2D eigenvalue weighted by atomic mass is 10.1. The molecule has 400 valence electrons. The van der Waals surface area contributed by atoms with Gasteiger partial charge in [-0.05, 0) is 47.9 Å². The summed E-state index contributed by atoms with van der Waals surface area (Å²) in [6, 6.07) is 11.4. The Bertz CT molecular complexity index is 2930. The summed E-state index contributed by atoms with van der Waals surface area (Å²) in [7, 11) is -9.48. The number of fused-ring (bicyclic) bond motifs is 1. The van der Waals surface area contributed by atoms with Crippen molar-refractivity contribution >= 4 is 62.1 Å². The number of benzene rings is 2. The number of carbonyl (C=O) groups is 3. The SMILES string of the molecule is CCCOC[C@@H](C(=O)O[C@H]1[C@@H](O)[C@H](n2cnc3c(N)ncnc32)O[C@@H]1COP(=O)(O)O[C@H]1[C@@H](O)[C@H](n2ccc(N)nc2=O)O[C@@H]1COP(=O)(O)O)N(C)C(=O)OCc1ccc(NC(=O)Cc2ccc(F)cc2)cc1. The van der Waals surface area contributed by atoms with Gasteiger partial charge in [0.2, 0.25) is 5.91 Å². The lowest BCUT2D eigenvalue weighted by Gasteiger charge is -2.29. The molecule has 2 amide bonds. The molecule has 0 saturated carbocycles. The van der Waals surface area contributed by atoms with Gasteiger partial charge in [-0.1, -0.05) is 31.2 Å². The minimum atomic E-state index is -5.49. The summed E-state index contributed by atoms with van der Waals surface area (Å²) < 4.78 is 84.2. The van der Waals surface area contributed by atoms with Gasteiger partial charge in [-0.2, -0.15) is 4.98 Å². The number of phosphoric acid groups is 2. The smallest absolute Gasteiger partial charge is 0.455 e. The summed E-state index contributed by atoms with van der Waals surface area (Å²) in [6.07, 6.45) is -11.5. The predicted octanol–water partition coefficient (Wildman–Crippen LogP) is 0.672. The number of aliphatic hydroxyl groups excluding tert-OH is 2. The molecule has 2 aliphatic rings.